The highest BCUT2D eigenvalue weighted by molar-refractivity contribution is 9.10. The summed E-state index contributed by atoms with van der Waals surface area (Å²) in [6, 6.07) is 4.10. The van der Waals surface area contributed by atoms with Crippen LogP contribution >= 0.6 is 31.9 Å². The molecule has 21 heavy (non-hydrogen) atoms. The summed E-state index contributed by atoms with van der Waals surface area (Å²) in [7, 11) is 1.97. The van der Waals surface area contributed by atoms with Crippen LogP contribution in [0.1, 0.15) is 37.0 Å². The van der Waals surface area contributed by atoms with E-state index < -0.39 is 0 Å². The molecular weight excluding hydrogens is 396 g/mol. The Labute approximate surface area is 142 Å². The highest BCUT2D eigenvalue weighted by atomic mass is 79.9. The van der Waals surface area contributed by atoms with Crippen LogP contribution in [-0.4, -0.2) is 21.8 Å². The zero-order valence-corrected chi connectivity index (χ0v) is 15.7. The van der Waals surface area contributed by atoms with Crippen LogP contribution in [0.15, 0.2) is 27.3 Å². The fourth-order valence-electron chi connectivity index (χ4n) is 2.40. The second-order valence-corrected chi connectivity index (χ2v) is 6.44. The third kappa shape index (κ3) is 3.55. The van der Waals surface area contributed by atoms with Crippen molar-refractivity contribution in [2.24, 2.45) is 0 Å². The summed E-state index contributed by atoms with van der Waals surface area (Å²) < 4.78 is 4.22. The molecule has 0 radical (unpaired) electrons. The summed E-state index contributed by atoms with van der Waals surface area (Å²) in [6.45, 7) is 5.11. The Hall–Kier alpha value is -0.720. The number of hydrogen-bond acceptors (Lipinski definition) is 3. The molecule has 1 atom stereocenters. The van der Waals surface area contributed by atoms with Crippen molar-refractivity contribution in [3.63, 3.8) is 0 Å². The maximum atomic E-state index is 4.66. The number of rotatable bonds is 6. The number of pyridine rings is 1. The maximum Gasteiger partial charge on any atom is 0.0766 e. The lowest BCUT2D eigenvalue weighted by atomic mass is 10.1. The van der Waals surface area contributed by atoms with Crippen molar-refractivity contribution >= 4 is 31.9 Å². The number of aryl methyl sites for hydroxylation is 2. The molecule has 0 aliphatic carbocycles. The standard InChI is InChI=1S/C15H20Br2N4/c1-4-11-14(17)13(21(5-2)20-11)9-12(18-3)15-10(16)7-6-8-19-15/h6-8,12,18H,4-5,9H2,1-3H3. The molecule has 0 bridgehead atoms. The number of nitrogens with zero attached hydrogens (tertiary/aromatic N) is 3. The third-order valence-electron chi connectivity index (χ3n) is 3.56. The number of hydrogen-bond donors (Lipinski definition) is 1. The van der Waals surface area contributed by atoms with Gasteiger partial charge in [-0.2, -0.15) is 5.10 Å². The fourth-order valence-corrected chi connectivity index (χ4v) is 3.65. The zero-order chi connectivity index (χ0) is 15.4. The predicted molar refractivity (Wildman–Crippen MR) is 92.4 cm³/mol. The summed E-state index contributed by atoms with van der Waals surface area (Å²) in [5.41, 5.74) is 3.35. The van der Waals surface area contributed by atoms with Crippen LogP contribution in [0.2, 0.25) is 0 Å². The first kappa shape index (κ1) is 16.6. The second-order valence-electron chi connectivity index (χ2n) is 4.79. The van der Waals surface area contributed by atoms with Gasteiger partial charge in [0.15, 0.2) is 0 Å². The average Bonchev–Trinajstić information content (AvgIpc) is 2.81. The second kappa shape index (κ2) is 7.51. The Morgan fingerprint density at radius 3 is 2.67 bits per heavy atom. The smallest absolute Gasteiger partial charge is 0.0766 e. The van der Waals surface area contributed by atoms with Crippen molar-refractivity contribution in [2.45, 2.75) is 39.3 Å². The van der Waals surface area contributed by atoms with Gasteiger partial charge in [-0.05, 0) is 64.4 Å². The Bertz CT molecular complexity index is 610. The summed E-state index contributed by atoms with van der Waals surface area (Å²) in [4.78, 5) is 4.50. The van der Waals surface area contributed by atoms with Crippen molar-refractivity contribution in [1.82, 2.24) is 20.1 Å². The molecule has 0 aliphatic heterocycles. The lowest BCUT2D eigenvalue weighted by Crippen LogP contribution is -2.22. The van der Waals surface area contributed by atoms with E-state index in [4.69, 9.17) is 0 Å². The maximum absolute atomic E-state index is 4.66. The van der Waals surface area contributed by atoms with E-state index in [1.807, 2.05) is 25.4 Å². The molecule has 0 fully saturated rings. The van der Waals surface area contributed by atoms with E-state index in [-0.39, 0.29) is 6.04 Å². The number of aromatic nitrogens is 3. The van der Waals surface area contributed by atoms with Gasteiger partial charge in [0.05, 0.1) is 27.6 Å². The summed E-state index contributed by atoms with van der Waals surface area (Å²) >= 11 is 7.30. The Morgan fingerprint density at radius 1 is 1.33 bits per heavy atom. The Balaban J connectivity index is 2.35. The Kier molecular flexibility index (Phi) is 5.96. The molecule has 0 aliphatic rings. The zero-order valence-electron chi connectivity index (χ0n) is 12.5. The molecule has 1 unspecified atom stereocenters. The quantitative estimate of drug-likeness (QED) is 0.778. The van der Waals surface area contributed by atoms with Gasteiger partial charge in [-0.3, -0.25) is 9.67 Å². The van der Waals surface area contributed by atoms with E-state index in [1.54, 1.807) is 0 Å². The highest BCUT2D eigenvalue weighted by Crippen LogP contribution is 2.29. The van der Waals surface area contributed by atoms with Crippen molar-refractivity contribution < 1.29 is 0 Å². The molecule has 2 rings (SSSR count). The van der Waals surface area contributed by atoms with Crippen molar-refractivity contribution in [2.75, 3.05) is 7.05 Å². The molecule has 0 aromatic carbocycles. The highest BCUT2D eigenvalue weighted by Gasteiger charge is 2.21. The van der Waals surface area contributed by atoms with Gasteiger partial charge in [-0.25, -0.2) is 0 Å². The minimum Gasteiger partial charge on any atom is -0.311 e. The third-order valence-corrected chi connectivity index (χ3v) is 5.14. The number of halogens is 2. The van der Waals surface area contributed by atoms with Crippen molar-refractivity contribution in [1.29, 1.82) is 0 Å². The number of likely N-dealkylation sites (N-methyl/N-ethyl adjacent to an activating group) is 1. The molecule has 6 heteroatoms. The van der Waals surface area contributed by atoms with E-state index in [1.165, 1.54) is 5.69 Å². The van der Waals surface area contributed by atoms with Gasteiger partial charge in [0.1, 0.15) is 0 Å². The lowest BCUT2D eigenvalue weighted by Gasteiger charge is -2.18. The van der Waals surface area contributed by atoms with Gasteiger partial charge < -0.3 is 5.32 Å². The average molecular weight is 416 g/mol. The van der Waals surface area contributed by atoms with Crippen molar-refractivity contribution in [3.8, 4) is 0 Å². The molecule has 4 nitrogen and oxygen atoms in total. The molecule has 0 spiro atoms. The topological polar surface area (TPSA) is 42.7 Å². The fraction of sp³-hybridized carbons (Fsp3) is 0.467. The predicted octanol–water partition coefficient (Wildman–Crippen LogP) is 3.89. The Morgan fingerprint density at radius 2 is 2.10 bits per heavy atom. The summed E-state index contributed by atoms with van der Waals surface area (Å²) in [6.07, 6.45) is 3.60. The minimum atomic E-state index is 0.142. The SMILES string of the molecule is CCc1nn(CC)c(CC(NC)c2ncccc2Br)c1Br. The van der Waals surface area contributed by atoms with Gasteiger partial charge >= 0.3 is 0 Å². The van der Waals surface area contributed by atoms with E-state index in [2.05, 4.69) is 65.8 Å². The van der Waals surface area contributed by atoms with E-state index in [0.717, 1.165) is 39.7 Å². The van der Waals surface area contributed by atoms with Crippen LogP contribution in [0, 0.1) is 0 Å². The van der Waals surface area contributed by atoms with Gasteiger partial charge in [0.2, 0.25) is 0 Å². The molecule has 2 aromatic rings. The van der Waals surface area contributed by atoms with E-state index in [0.29, 0.717) is 0 Å². The van der Waals surface area contributed by atoms with E-state index in [9.17, 15) is 0 Å². The van der Waals surface area contributed by atoms with Crippen LogP contribution in [0.5, 0.6) is 0 Å². The first-order chi connectivity index (χ1) is 10.1. The number of nitrogens with one attached hydrogen (secondary N) is 1. The van der Waals surface area contributed by atoms with E-state index >= 15 is 0 Å². The van der Waals surface area contributed by atoms with Crippen molar-refractivity contribution in [3.05, 3.63) is 44.4 Å². The van der Waals surface area contributed by atoms with Crippen LogP contribution in [0.25, 0.3) is 0 Å². The molecule has 0 amide bonds. The molecule has 0 saturated carbocycles. The van der Waals surface area contributed by atoms with Gasteiger partial charge in [-0.1, -0.05) is 6.92 Å². The minimum absolute atomic E-state index is 0.142. The van der Waals surface area contributed by atoms with Gasteiger partial charge in [0.25, 0.3) is 0 Å². The monoisotopic (exact) mass is 414 g/mol. The molecule has 2 aromatic heterocycles. The summed E-state index contributed by atoms with van der Waals surface area (Å²) in [5, 5.41) is 8.02. The van der Waals surface area contributed by atoms with Gasteiger partial charge in [0, 0.05) is 23.6 Å². The first-order valence-electron chi connectivity index (χ1n) is 7.14. The largest absolute Gasteiger partial charge is 0.311 e. The van der Waals surface area contributed by atoms with Crippen LogP contribution in [-0.2, 0) is 19.4 Å². The lowest BCUT2D eigenvalue weighted by molar-refractivity contribution is 0.528. The van der Waals surface area contributed by atoms with Crippen LogP contribution in [0.4, 0.5) is 0 Å². The van der Waals surface area contributed by atoms with Gasteiger partial charge in [-0.15, -0.1) is 0 Å². The molecule has 2 heterocycles. The van der Waals surface area contributed by atoms with Crippen LogP contribution in [0.3, 0.4) is 0 Å². The van der Waals surface area contributed by atoms with Crippen LogP contribution < -0.4 is 5.32 Å². The molecular formula is C15H20Br2N4. The first-order valence-corrected chi connectivity index (χ1v) is 8.72. The molecule has 0 saturated heterocycles. The molecule has 114 valence electrons. The molecule has 1 N–H and O–H groups in total. The normalized spacial score (nSPS) is 12.6. The summed E-state index contributed by atoms with van der Waals surface area (Å²) in [5.74, 6) is 0.